The predicted octanol–water partition coefficient (Wildman–Crippen LogP) is 2.46. The summed E-state index contributed by atoms with van der Waals surface area (Å²) >= 11 is 0. The highest BCUT2D eigenvalue weighted by molar-refractivity contribution is 5.95. The van der Waals surface area contributed by atoms with Crippen LogP contribution in [0.1, 0.15) is 44.0 Å². The average molecular weight is 411 g/mol. The number of halogens is 2. The molecule has 2 N–H and O–H groups in total. The van der Waals surface area contributed by atoms with Gasteiger partial charge in [-0.3, -0.25) is 9.59 Å². The number of hydrogen-bond donors (Lipinski definition) is 2. The van der Waals surface area contributed by atoms with Crippen LogP contribution in [0.15, 0.2) is 18.2 Å². The number of nitrogens with zero attached hydrogens (tertiary/aromatic N) is 1. The summed E-state index contributed by atoms with van der Waals surface area (Å²) in [4.78, 5) is 37.9. The monoisotopic (exact) mass is 411 g/mol. The first kappa shape index (κ1) is 22.6. The van der Waals surface area contributed by atoms with Crippen LogP contribution in [0.4, 0.5) is 13.6 Å². The Morgan fingerprint density at radius 2 is 1.86 bits per heavy atom. The van der Waals surface area contributed by atoms with Crippen LogP contribution in [-0.4, -0.2) is 54.6 Å². The van der Waals surface area contributed by atoms with Gasteiger partial charge in [0.1, 0.15) is 17.2 Å². The SMILES string of the molecule is CC(C)(C)OC(=O)NCCNC(=O)C1CCCN(C(=O)c2ccc(F)cc2F)C1. The van der Waals surface area contributed by atoms with Crippen LogP contribution in [0.3, 0.4) is 0 Å². The molecule has 3 amide bonds. The lowest BCUT2D eigenvalue weighted by Crippen LogP contribution is -2.46. The van der Waals surface area contributed by atoms with E-state index in [0.29, 0.717) is 25.5 Å². The zero-order valence-electron chi connectivity index (χ0n) is 16.9. The number of benzene rings is 1. The zero-order valence-corrected chi connectivity index (χ0v) is 16.9. The molecule has 0 aliphatic carbocycles. The molecule has 1 unspecified atom stereocenters. The first-order valence-electron chi connectivity index (χ1n) is 9.55. The molecule has 1 saturated heterocycles. The molecule has 1 aliphatic heterocycles. The molecule has 1 aromatic carbocycles. The lowest BCUT2D eigenvalue weighted by Gasteiger charge is -2.32. The van der Waals surface area contributed by atoms with Crippen LogP contribution in [-0.2, 0) is 9.53 Å². The summed E-state index contributed by atoms with van der Waals surface area (Å²) in [5.41, 5.74) is -0.816. The minimum Gasteiger partial charge on any atom is -0.444 e. The topological polar surface area (TPSA) is 87.7 Å². The number of nitrogens with one attached hydrogen (secondary N) is 2. The standard InChI is InChI=1S/C20H27F2N3O4/c1-20(2,3)29-19(28)24-9-8-23-17(26)13-5-4-10-25(12-13)18(27)15-7-6-14(21)11-16(15)22/h6-7,11,13H,4-5,8-10,12H2,1-3H3,(H,23,26)(H,24,28). The molecule has 9 heteroatoms. The summed E-state index contributed by atoms with van der Waals surface area (Å²) in [6.07, 6.45) is 0.631. The Kier molecular flexibility index (Phi) is 7.53. The number of carbonyl (C=O) groups is 3. The number of piperidine rings is 1. The highest BCUT2D eigenvalue weighted by Crippen LogP contribution is 2.20. The molecule has 1 heterocycles. The van der Waals surface area contributed by atoms with Gasteiger partial charge in [0.25, 0.3) is 5.91 Å². The lowest BCUT2D eigenvalue weighted by atomic mass is 9.96. The Bertz CT molecular complexity index is 765. The van der Waals surface area contributed by atoms with Gasteiger partial charge < -0.3 is 20.3 Å². The molecule has 2 rings (SSSR count). The third kappa shape index (κ3) is 6.99. The third-order valence-electron chi connectivity index (χ3n) is 4.33. The fourth-order valence-corrected chi connectivity index (χ4v) is 3.02. The van der Waals surface area contributed by atoms with Crippen LogP contribution in [0.25, 0.3) is 0 Å². The molecule has 0 spiro atoms. The van der Waals surface area contributed by atoms with E-state index in [9.17, 15) is 23.2 Å². The van der Waals surface area contributed by atoms with Gasteiger partial charge in [-0.05, 0) is 45.7 Å². The molecule has 0 bridgehead atoms. The summed E-state index contributed by atoms with van der Waals surface area (Å²) in [5.74, 6) is -2.91. The van der Waals surface area contributed by atoms with E-state index in [2.05, 4.69) is 10.6 Å². The third-order valence-corrected chi connectivity index (χ3v) is 4.33. The van der Waals surface area contributed by atoms with E-state index in [4.69, 9.17) is 4.74 Å². The number of likely N-dealkylation sites (tertiary alicyclic amines) is 1. The lowest BCUT2D eigenvalue weighted by molar-refractivity contribution is -0.126. The van der Waals surface area contributed by atoms with Crippen molar-refractivity contribution in [2.24, 2.45) is 5.92 Å². The summed E-state index contributed by atoms with van der Waals surface area (Å²) in [6, 6.07) is 2.81. The van der Waals surface area contributed by atoms with E-state index in [1.807, 2.05) is 0 Å². The maximum atomic E-state index is 13.9. The van der Waals surface area contributed by atoms with Gasteiger partial charge in [-0.15, -0.1) is 0 Å². The molecule has 7 nitrogen and oxygen atoms in total. The van der Waals surface area contributed by atoms with E-state index in [-0.39, 0.29) is 31.1 Å². The van der Waals surface area contributed by atoms with Crippen molar-refractivity contribution in [2.75, 3.05) is 26.2 Å². The first-order valence-corrected chi connectivity index (χ1v) is 9.55. The van der Waals surface area contributed by atoms with Crippen LogP contribution in [0, 0.1) is 17.6 Å². The molecule has 0 aromatic heterocycles. The molecule has 0 saturated carbocycles. The van der Waals surface area contributed by atoms with Crippen molar-refractivity contribution in [3.8, 4) is 0 Å². The summed E-state index contributed by atoms with van der Waals surface area (Å²) < 4.78 is 32.0. The number of amides is 3. The molecule has 1 aliphatic rings. The minimum atomic E-state index is -0.921. The number of carbonyl (C=O) groups excluding carboxylic acids is 3. The van der Waals surface area contributed by atoms with Crippen LogP contribution in [0.5, 0.6) is 0 Å². The second kappa shape index (κ2) is 9.67. The molecule has 160 valence electrons. The largest absolute Gasteiger partial charge is 0.444 e. The predicted molar refractivity (Wildman–Crippen MR) is 102 cm³/mol. The normalized spacial score (nSPS) is 16.9. The number of hydrogen-bond acceptors (Lipinski definition) is 4. The van der Waals surface area contributed by atoms with E-state index in [1.54, 1.807) is 20.8 Å². The molecular formula is C20H27F2N3O4. The van der Waals surface area contributed by atoms with E-state index in [0.717, 1.165) is 12.1 Å². The van der Waals surface area contributed by atoms with Gasteiger partial charge in [-0.25, -0.2) is 13.6 Å². The summed E-state index contributed by atoms with van der Waals surface area (Å²) in [6.45, 7) is 6.24. The van der Waals surface area contributed by atoms with E-state index < -0.39 is 35.2 Å². The van der Waals surface area contributed by atoms with E-state index in [1.165, 1.54) is 4.90 Å². The molecule has 1 fully saturated rings. The van der Waals surface area contributed by atoms with Crippen LogP contribution < -0.4 is 10.6 Å². The van der Waals surface area contributed by atoms with Crippen molar-refractivity contribution >= 4 is 17.9 Å². The van der Waals surface area contributed by atoms with Crippen LogP contribution in [0.2, 0.25) is 0 Å². The van der Waals surface area contributed by atoms with E-state index >= 15 is 0 Å². The summed E-state index contributed by atoms with van der Waals surface area (Å²) in [5, 5.41) is 5.26. The Hall–Kier alpha value is -2.71. The maximum Gasteiger partial charge on any atom is 0.407 e. The molecule has 29 heavy (non-hydrogen) atoms. The van der Waals surface area contributed by atoms with Gasteiger partial charge in [0.05, 0.1) is 11.5 Å². The smallest absolute Gasteiger partial charge is 0.407 e. The van der Waals surface area contributed by atoms with Crippen molar-refractivity contribution in [1.29, 1.82) is 0 Å². The molecule has 0 radical (unpaired) electrons. The number of ether oxygens (including phenoxy) is 1. The Morgan fingerprint density at radius 3 is 2.52 bits per heavy atom. The van der Waals surface area contributed by atoms with Crippen molar-refractivity contribution in [1.82, 2.24) is 15.5 Å². The minimum absolute atomic E-state index is 0.154. The van der Waals surface area contributed by atoms with Crippen molar-refractivity contribution in [3.05, 3.63) is 35.4 Å². The highest BCUT2D eigenvalue weighted by atomic mass is 19.1. The quantitative estimate of drug-likeness (QED) is 0.729. The van der Waals surface area contributed by atoms with Gasteiger partial charge in [0.2, 0.25) is 5.91 Å². The second-order valence-corrected chi connectivity index (χ2v) is 7.93. The molecule has 1 aromatic rings. The Morgan fingerprint density at radius 1 is 1.17 bits per heavy atom. The molecular weight excluding hydrogens is 384 g/mol. The average Bonchev–Trinajstić information content (AvgIpc) is 2.63. The molecule has 1 atom stereocenters. The highest BCUT2D eigenvalue weighted by Gasteiger charge is 2.30. The first-order chi connectivity index (χ1) is 13.6. The number of alkyl carbamates (subject to hydrolysis) is 1. The van der Waals surface area contributed by atoms with Crippen LogP contribution >= 0.6 is 0 Å². The number of rotatable bonds is 5. The summed E-state index contributed by atoms with van der Waals surface area (Å²) in [7, 11) is 0. The fraction of sp³-hybridized carbons (Fsp3) is 0.550. The Balaban J connectivity index is 1.81. The van der Waals surface area contributed by atoms with Crippen molar-refractivity contribution in [2.45, 2.75) is 39.2 Å². The van der Waals surface area contributed by atoms with Crippen molar-refractivity contribution in [3.63, 3.8) is 0 Å². The second-order valence-electron chi connectivity index (χ2n) is 7.93. The van der Waals surface area contributed by atoms with Gasteiger partial charge >= 0.3 is 6.09 Å². The van der Waals surface area contributed by atoms with Gasteiger partial charge in [-0.1, -0.05) is 0 Å². The van der Waals surface area contributed by atoms with Gasteiger partial charge in [0, 0.05) is 32.2 Å². The zero-order chi connectivity index (χ0) is 21.6. The fourth-order valence-electron chi connectivity index (χ4n) is 3.02. The van der Waals surface area contributed by atoms with Gasteiger partial charge in [-0.2, -0.15) is 0 Å². The Labute approximate surface area is 168 Å². The van der Waals surface area contributed by atoms with Gasteiger partial charge in [0.15, 0.2) is 0 Å². The maximum absolute atomic E-state index is 13.9. The van der Waals surface area contributed by atoms with Crippen molar-refractivity contribution < 1.29 is 27.9 Å².